The van der Waals surface area contributed by atoms with E-state index in [2.05, 4.69) is 5.32 Å². The van der Waals surface area contributed by atoms with Gasteiger partial charge in [-0.1, -0.05) is 18.9 Å². The van der Waals surface area contributed by atoms with Crippen molar-refractivity contribution < 1.29 is 22.7 Å². The van der Waals surface area contributed by atoms with Crippen molar-refractivity contribution in [3.8, 4) is 5.75 Å². The lowest BCUT2D eigenvalue weighted by molar-refractivity contribution is -0.138. The van der Waals surface area contributed by atoms with Gasteiger partial charge >= 0.3 is 6.18 Å². The van der Waals surface area contributed by atoms with Crippen molar-refractivity contribution >= 4 is 5.91 Å². The Bertz CT molecular complexity index is 594. The number of rotatable bonds is 5. The minimum atomic E-state index is -4.52. The largest absolute Gasteiger partial charge is 0.491 e. The Kier molecular flexibility index (Phi) is 5.42. The van der Waals surface area contributed by atoms with E-state index in [4.69, 9.17) is 10.5 Å². The van der Waals surface area contributed by atoms with E-state index in [-0.39, 0.29) is 24.0 Å². The maximum Gasteiger partial charge on any atom is 0.416 e. The predicted molar refractivity (Wildman–Crippen MR) is 84.4 cm³/mol. The molecule has 1 aromatic rings. The first-order valence-corrected chi connectivity index (χ1v) is 8.06. The molecule has 2 rings (SSSR count). The highest BCUT2D eigenvalue weighted by atomic mass is 19.4. The summed E-state index contributed by atoms with van der Waals surface area (Å²) >= 11 is 0. The fraction of sp³-hybridized carbons (Fsp3) is 0.588. The van der Waals surface area contributed by atoms with Gasteiger partial charge in [0.15, 0.2) is 0 Å². The average Bonchev–Trinajstić information content (AvgIpc) is 2.92. The summed E-state index contributed by atoms with van der Waals surface area (Å²) in [7, 11) is 0. The summed E-state index contributed by atoms with van der Waals surface area (Å²) in [5.41, 5.74) is 4.24. The second-order valence-electron chi connectivity index (χ2n) is 6.53. The molecular weight excluding hydrogens is 321 g/mol. The zero-order chi connectivity index (χ0) is 18.0. The van der Waals surface area contributed by atoms with Gasteiger partial charge in [0.1, 0.15) is 5.75 Å². The van der Waals surface area contributed by atoms with Crippen LogP contribution in [0, 0.1) is 0 Å². The summed E-state index contributed by atoms with van der Waals surface area (Å²) in [4.78, 5) is 12.2. The van der Waals surface area contributed by atoms with Crippen LogP contribution in [0.1, 0.15) is 50.7 Å². The van der Waals surface area contributed by atoms with Crippen molar-refractivity contribution in [1.82, 2.24) is 5.32 Å². The zero-order valence-corrected chi connectivity index (χ0v) is 13.9. The topological polar surface area (TPSA) is 64.3 Å². The molecule has 7 heteroatoms. The molecule has 0 radical (unpaired) electrons. The van der Waals surface area contributed by atoms with Crippen molar-refractivity contribution in [2.45, 2.75) is 63.9 Å². The predicted octanol–water partition coefficient (Wildman–Crippen LogP) is 3.38. The zero-order valence-electron chi connectivity index (χ0n) is 13.9. The van der Waals surface area contributed by atoms with Gasteiger partial charge in [-0.05, 0) is 44.4 Å². The van der Waals surface area contributed by atoms with Gasteiger partial charge in [0, 0.05) is 6.54 Å². The third kappa shape index (κ3) is 4.41. The molecule has 0 aromatic heterocycles. The van der Waals surface area contributed by atoms with Gasteiger partial charge in [0.05, 0.1) is 17.2 Å². The summed E-state index contributed by atoms with van der Waals surface area (Å²) in [6.07, 6.45) is -1.91. The van der Waals surface area contributed by atoms with E-state index in [0.717, 1.165) is 18.9 Å². The second kappa shape index (κ2) is 7.01. The summed E-state index contributed by atoms with van der Waals surface area (Å²) in [5, 5.41) is 2.55. The van der Waals surface area contributed by atoms with E-state index in [1.165, 1.54) is 12.1 Å². The molecule has 1 fully saturated rings. The maximum atomic E-state index is 13.3. The molecule has 0 atom stereocenters. The number of benzene rings is 1. The van der Waals surface area contributed by atoms with E-state index >= 15 is 0 Å². The van der Waals surface area contributed by atoms with Crippen molar-refractivity contribution in [2.75, 3.05) is 0 Å². The maximum absolute atomic E-state index is 13.3. The van der Waals surface area contributed by atoms with Gasteiger partial charge in [-0.3, -0.25) is 4.79 Å². The summed E-state index contributed by atoms with van der Waals surface area (Å²) in [5.74, 6) is -0.242. The van der Waals surface area contributed by atoms with Crippen molar-refractivity contribution in [3.63, 3.8) is 0 Å². The van der Waals surface area contributed by atoms with Crippen LogP contribution < -0.4 is 15.8 Å². The van der Waals surface area contributed by atoms with Gasteiger partial charge in [0.25, 0.3) is 0 Å². The van der Waals surface area contributed by atoms with E-state index in [1.54, 1.807) is 13.8 Å². The van der Waals surface area contributed by atoms with E-state index in [0.29, 0.717) is 12.8 Å². The number of carbonyl (C=O) groups excluding carboxylic acids is 1. The Morgan fingerprint density at radius 3 is 2.50 bits per heavy atom. The van der Waals surface area contributed by atoms with Crippen LogP contribution in [0.3, 0.4) is 0 Å². The molecule has 134 valence electrons. The molecule has 0 heterocycles. The van der Waals surface area contributed by atoms with Gasteiger partial charge in [-0.15, -0.1) is 0 Å². The van der Waals surface area contributed by atoms with Crippen molar-refractivity contribution in [2.24, 2.45) is 5.73 Å². The molecule has 1 amide bonds. The summed E-state index contributed by atoms with van der Waals surface area (Å²) in [6, 6.07) is 3.78. The molecule has 3 N–H and O–H groups in total. The van der Waals surface area contributed by atoms with Gasteiger partial charge in [-0.2, -0.15) is 13.2 Å². The van der Waals surface area contributed by atoms with Crippen LogP contribution in [-0.2, 0) is 17.5 Å². The van der Waals surface area contributed by atoms with Crippen molar-refractivity contribution in [1.29, 1.82) is 0 Å². The number of alkyl halides is 3. The molecule has 4 nitrogen and oxygen atoms in total. The molecule has 1 aliphatic rings. The Morgan fingerprint density at radius 1 is 1.33 bits per heavy atom. The number of halogens is 3. The number of hydrogen-bond acceptors (Lipinski definition) is 3. The van der Waals surface area contributed by atoms with Crippen LogP contribution in [0.5, 0.6) is 5.75 Å². The van der Waals surface area contributed by atoms with Crippen LogP contribution in [0.4, 0.5) is 13.2 Å². The molecule has 24 heavy (non-hydrogen) atoms. The molecule has 0 saturated heterocycles. The Balaban J connectivity index is 2.15. The van der Waals surface area contributed by atoms with E-state index in [1.807, 2.05) is 0 Å². The smallest absolute Gasteiger partial charge is 0.416 e. The SMILES string of the molecule is CC(C)Oc1ccc(CNC(=O)C2(N)CCCC2)c(C(F)(F)F)c1. The monoisotopic (exact) mass is 344 g/mol. The molecule has 0 spiro atoms. The highest BCUT2D eigenvalue weighted by Gasteiger charge is 2.38. The second-order valence-corrected chi connectivity index (χ2v) is 6.53. The van der Waals surface area contributed by atoms with Crippen LogP contribution in [0.2, 0.25) is 0 Å². The van der Waals surface area contributed by atoms with Crippen LogP contribution in [-0.4, -0.2) is 17.6 Å². The first-order valence-electron chi connectivity index (χ1n) is 8.06. The van der Waals surface area contributed by atoms with Gasteiger partial charge in [0.2, 0.25) is 5.91 Å². The fourth-order valence-corrected chi connectivity index (χ4v) is 2.90. The quantitative estimate of drug-likeness (QED) is 0.861. The molecule has 0 aliphatic heterocycles. The number of nitrogens with two attached hydrogens (primary N) is 1. The first-order chi connectivity index (χ1) is 11.1. The molecule has 0 unspecified atom stereocenters. The highest BCUT2D eigenvalue weighted by molar-refractivity contribution is 5.86. The lowest BCUT2D eigenvalue weighted by atomic mass is 9.97. The third-order valence-corrected chi connectivity index (χ3v) is 4.15. The molecule has 1 aliphatic carbocycles. The van der Waals surface area contributed by atoms with Crippen LogP contribution in [0.15, 0.2) is 18.2 Å². The Hall–Kier alpha value is -1.76. The summed E-state index contributed by atoms with van der Waals surface area (Å²) < 4.78 is 45.1. The molecular formula is C17H23F3N2O2. The molecule has 0 bridgehead atoms. The Morgan fingerprint density at radius 2 is 1.96 bits per heavy atom. The number of hydrogen-bond donors (Lipinski definition) is 2. The van der Waals surface area contributed by atoms with E-state index < -0.39 is 23.2 Å². The summed E-state index contributed by atoms with van der Waals surface area (Å²) in [6.45, 7) is 3.27. The van der Waals surface area contributed by atoms with Crippen LogP contribution >= 0.6 is 0 Å². The van der Waals surface area contributed by atoms with Crippen LogP contribution in [0.25, 0.3) is 0 Å². The minimum absolute atomic E-state index is 0.00597. The number of ether oxygens (including phenoxy) is 1. The number of carbonyl (C=O) groups is 1. The minimum Gasteiger partial charge on any atom is -0.491 e. The lowest BCUT2D eigenvalue weighted by Gasteiger charge is -2.23. The first kappa shape index (κ1) is 18.6. The van der Waals surface area contributed by atoms with Gasteiger partial charge in [-0.25, -0.2) is 0 Å². The number of amides is 1. The lowest BCUT2D eigenvalue weighted by Crippen LogP contribution is -2.51. The number of nitrogens with one attached hydrogen (secondary N) is 1. The van der Waals surface area contributed by atoms with E-state index in [9.17, 15) is 18.0 Å². The molecule has 1 aromatic carbocycles. The highest BCUT2D eigenvalue weighted by Crippen LogP contribution is 2.35. The Labute approximate surface area is 139 Å². The third-order valence-electron chi connectivity index (χ3n) is 4.15. The average molecular weight is 344 g/mol. The van der Waals surface area contributed by atoms with Gasteiger partial charge < -0.3 is 15.8 Å². The fourth-order valence-electron chi connectivity index (χ4n) is 2.90. The normalized spacial score (nSPS) is 17.1. The standard InChI is InChI=1S/C17H23F3N2O2/c1-11(2)24-13-6-5-12(14(9-13)17(18,19)20)10-22-15(23)16(21)7-3-4-8-16/h5-6,9,11H,3-4,7-8,10,21H2,1-2H3,(H,22,23). The van der Waals surface area contributed by atoms with Crippen molar-refractivity contribution in [3.05, 3.63) is 29.3 Å². The molecule has 1 saturated carbocycles.